The Balaban J connectivity index is 1.49. The molecule has 2 aliphatic rings. The van der Waals surface area contributed by atoms with E-state index in [9.17, 15) is 9.59 Å². The molecule has 8 heteroatoms. The van der Waals surface area contributed by atoms with Crippen molar-refractivity contribution < 1.29 is 14.5 Å². The molecule has 0 bridgehead atoms. The van der Waals surface area contributed by atoms with Gasteiger partial charge in [0.15, 0.2) is 0 Å². The zero-order valence-corrected chi connectivity index (χ0v) is 16.6. The first kappa shape index (κ1) is 18.6. The lowest BCUT2D eigenvalue weighted by molar-refractivity contribution is -0.883. The van der Waals surface area contributed by atoms with Crippen LogP contribution in [0.15, 0.2) is 22.4 Å². The Morgan fingerprint density at radius 2 is 2.16 bits per heavy atom. The number of thiophene rings is 1. The molecule has 0 spiro atoms. The van der Waals surface area contributed by atoms with Gasteiger partial charge >= 0.3 is 0 Å². The number of hydrogen-bond donors (Lipinski definition) is 1. The van der Waals surface area contributed by atoms with E-state index in [1.165, 1.54) is 16.7 Å². The molecule has 134 valence electrons. The first-order chi connectivity index (χ1) is 12.0. The highest BCUT2D eigenvalue weighted by atomic mass is 32.2. The summed E-state index contributed by atoms with van der Waals surface area (Å²) in [4.78, 5) is 31.5. The molecule has 2 saturated heterocycles. The number of hydrogen-bond acceptors (Lipinski definition) is 5. The van der Waals surface area contributed by atoms with Gasteiger partial charge in [-0.15, -0.1) is 11.3 Å². The summed E-state index contributed by atoms with van der Waals surface area (Å²) in [5.41, 5.74) is 0. The van der Waals surface area contributed by atoms with Crippen molar-refractivity contribution in [1.82, 2.24) is 9.80 Å². The fourth-order valence-electron chi connectivity index (χ4n) is 2.88. The summed E-state index contributed by atoms with van der Waals surface area (Å²) >= 11 is 8.28. The third-order valence-corrected chi connectivity index (χ3v) is 6.63. The summed E-state index contributed by atoms with van der Waals surface area (Å²) in [6.07, 6.45) is 3.01. The normalized spacial score (nSPS) is 20.8. The Bertz CT molecular complexity index is 679. The molecule has 2 fully saturated rings. The third kappa shape index (κ3) is 4.69. The number of rotatable bonds is 5. The van der Waals surface area contributed by atoms with E-state index in [4.69, 9.17) is 12.2 Å². The minimum absolute atomic E-state index is 0.0425. The molecule has 0 unspecified atom stereocenters. The van der Waals surface area contributed by atoms with Crippen molar-refractivity contribution in [2.24, 2.45) is 0 Å². The molecule has 5 nitrogen and oxygen atoms in total. The SMILES string of the molecule is C[NH+]1CCN(C(=O)CCCN2C(=O)/C(=C/c3cccs3)SC2=S)CC1. The summed E-state index contributed by atoms with van der Waals surface area (Å²) in [6, 6.07) is 3.94. The summed E-state index contributed by atoms with van der Waals surface area (Å²) in [6.45, 7) is 4.18. The van der Waals surface area contributed by atoms with Gasteiger partial charge in [0.05, 0.1) is 38.1 Å². The monoisotopic (exact) mass is 396 g/mol. The van der Waals surface area contributed by atoms with Crippen LogP contribution < -0.4 is 4.90 Å². The van der Waals surface area contributed by atoms with E-state index in [1.54, 1.807) is 16.2 Å². The van der Waals surface area contributed by atoms with Gasteiger partial charge in [-0.2, -0.15) is 0 Å². The van der Waals surface area contributed by atoms with Crippen molar-refractivity contribution >= 4 is 57.5 Å². The van der Waals surface area contributed by atoms with E-state index >= 15 is 0 Å². The van der Waals surface area contributed by atoms with Crippen LogP contribution in [0.4, 0.5) is 0 Å². The van der Waals surface area contributed by atoms with Crippen LogP contribution in [0.25, 0.3) is 6.08 Å². The number of carbonyl (C=O) groups excluding carboxylic acids is 2. The molecule has 0 aromatic carbocycles. The Hall–Kier alpha value is -1.22. The van der Waals surface area contributed by atoms with Crippen LogP contribution in [-0.2, 0) is 9.59 Å². The molecule has 0 radical (unpaired) electrons. The minimum atomic E-state index is -0.0425. The maximum atomic E-state index is 12.5. The lowest BCUT2D eigenvalue weighted by atomic mass is 10.2. The zero-order chi connectivity index (χ0) is 17.8. The van der Waals surface area contributed by atoms with Gasteiger partial charge < -0.3 is 9.80 Å². The number of thiocarbonyl (C=S) groups is 1. The highest BCUT2D eigenvalue weighted by Crippen LogP contribution is 2.33. The topological polar surface area (TPSA) is 45.1 Å². The van der Waals surface area contributed by atoms with Crippen molar-refractivity contribution in [2.45, 2.75) is 12.8 Å². The Morgan fingerprint density at radius 1 is 1.40 bits per heavy atom. The van der Waals surface area contributed by atoms with Gasteiger partial charge in [-0.05, 0) is 23.9 Å². The van der Waals surface area contributed by atoms with Crippen LogP contribution in [0, 0.1) is 0 Å². The standard InChI is InChI=1S/C17H21N3O2S3/c1-18-7-9-19(10-8-18)15(21)5-2-6-20-16(22)14(25-17(20)23)12-13-4-3-11-24-13/h3-4,11-12H,2,5-10H2,1H3/p+1/b14-12-. The molecular formula is C17H22N3O2S3+. The fourth-order valence-corrected chi connectivity index (χ4v) is 4.91. The molecular weight excluding hydrogens is 374 g/mol. The van der Waals surface area contributed by atoms with E-state index in [0.29, 0.717) is 28.6 Å². The molecule has 0 atom stereocenters. The highest BCUT2D eigenvalue weighted by Gasteiger charge is 2.32. The molecule has 0 saturated carbocycles. The zero-order valence-electron chi connectivity index (χ0n) is 14.2. The molecule has 1 N–H and O–H groups in total. The maximum Gasteiger partial charge on any atom is 0.266 e. The van der Waals surface area contributed by atoms with Crippen LogP contribution in [-0.4, -0.2) is 65.7 Å². The quantitative estimate of drug-likeness (QED) is 0.598. The van der Waals surface area contributed by atoms with Crippen molar-refractivity contribution in [2.75, 3.05) is 39.8 Å². The van der Waals surface area contributed by atoms with E-state index in [0.717, 1.165) is 31.1 Å². The van der Waals surface area contributed by atoms with E-state index in [-0.39, 0.29) is 11.8 Å². The van der Waals surface area contributed by atoms with Crippen molar-refractivity contribution in [3.8, 4) is 0 Å². The molecule has 2 aliphatic heterocycles. The van der Waals surface area contributed by atoms with Gasteiger partial charge in [0.2, 0.25) is 5.91 Å². The summed E-state index contributed by atoms with van der Waals surface area (Å²) in [7, 11) is 2.15. The van der Waals surface area contributed by atoms with Crippen molar-refractivity contribution in [3.05, 3.63) is 27.3 Å². The largest absolute Gasteiger partial charge is 0.334 e. The second-order valence-electron chi connectivity index (χ2n) is 6.29. The predicted octanol–water partition coefficient (Wildman–Crippen LogP) is 1.09. The van der Waals surface area contributed by atoms with E-state index in [2.05, 4.69) is 7.05 Å². The molecule has 1 aromatic heterocycles. The Morgan fingerprint density at radius 3 is 2.84 bits per heavy atom. The summed E-state index contributed by atoms with van der Waals surface area (Å²) in [5.74, 6) is 0.145. The first-order valence-corrected chi connectivity index (χ1v) is 10.5. The lowest BCUT2D eigenvalue weighted by Gasteiger charge is -2.30. The number of nitrogens with one attached hydrogen (secondary N) is 1. The van der Waals surface area contributed by atoms with Crippen LogP contribution in [0.5, 0.6) is 0 Å². The van der Waals surface area contributed by atoms with E-state index in [1.807, 2.05) is 28.5 Å². The van der Waals surface area contributed by atoms with Gasteiger partial charge in [0, 0.05) is 17.8 Å². The fraction of sp³-hybridized carbons (Fsp3) is 0.471. The van der Waals surface area contributed by atoms with Gasteiger partial charge in [0.25, 0.3) is 5.91 Å². The first-order valence-electron chi connectivity index (χ1n) is 8.42. The van der Waals surface area contributed by atoms with Gasteiger partial charge in [-0.1, -0.05) is 30.0 Å². The summed E-state index contributed by atoms with van der Waals surface area (Å²) in [5, 5.41) is 1.98. The van der Waals surface area contributed by atoms with Crippen LogP contribution in [0.1, 0.15) is 17.7 Å². The maximum absolute atomic E-state index is 12.5. The van der Waals surface area contributed by atoms with Gasteiger partial charge in [-0.3, -0.25) is 14.5 Å². The molecule has 3 heterocycles. The number of likely N-dealkylation sites (N-methyl/N-ethyl adjacent to an activating group) is 1. The third-order valence-electron chi connectivity index (χ3n) is 4.43. The molecule has 0 aliphatic carbocycles. The number of thioether (sulfide) groups is 1. The van der Waals surface area contributed by atoms with Crippen molar-refractivity contribution in [1.29, 1.82) is 0 Å². The average Bonchev–Trinajstić information content (AvgIpc) is 3.19. The second-order valence-corrected chi connectivity index (χ2v) is 8.95. The van der Waals surface area contributed by atoms with Crippen molar-refractivity contribution in [3.63, 3.8) is 0 Å². The average molecular weight is 397 g/mol. The Labute approximate surface area is 161 Å². The van der Waals surface area contributed by atoms with Crippen LogP contribution in [0.2, 0.25) is 0 Å². The number of piperazine rings is 1. The predicted molar refractivity (Wildman–Crippen MR) is 107 cm³/mol. The van der Waals surface area contributed by atoms with E-state index < -0.39 is 0 Å². The second kappa shape index (κ2) is 8.44. The Kier molecular flexibility index (Phi) is 6.27. The molecule has 1 aromatic rings. The molecule has 3 rings (SSSR count). The summed E-state index contributed by atoms with van der Waals surface area (Å²) < 4.78 is 0.587. The van der Waals surface area contributed by atoms with Crippen LogP contribution in [0.3, 0.4) is 0 Å². The molecule has 2 amide bonds. The van der Waals surface area contributed by atoms with Gasteiger partial charge in [-0.25, -0.2) is 0 Å². The minimum Gasteiger partial charge on any atom is -0.334 e. The highest BCUT2D eigenvalue weighted by molar-refractivity contribution is 8.26. The number of carbonyl (C=O) groups is 2. The smallest absolute Gasteiger partial charge is 0.266 e. The number of nitrogens with zero attached hydrogens (tertiary/aromatic N) is 2. The number of amides is 2. The number of quaternary nitrogens is 1. The lowest BCUT2D eigenvalue weighted by Crippen LogP contribution is -3.12. The van der Waals surface area contributed by atoms with Gasteiger partial charge in [0.1, 0.15) is 4.32 Å². The molecule has 25 heavy (non-hydrogen) atoms. The van der Waals surface area contributed by atoms with Crippen LogP contribution >= 0.6 is 35.3 Å².